The number of carbonyl (C=O) groups is 1. The van der Waals surface area contributed by atoms with Gasteiger partial charge in [-0.15, -0.1) is 0 Å². The number of rotatable bonds is 4. The summed E-state index contributed by atoms with van der Waals surface area (Å²) in [6.45, 7) is 1.11. The maximum absolute atomic E-state index is 12.7. The van der Waals surface area contributed by atoms with Crippen molar-refractivity contribution < 1.29 is 14.3 Å². The van der Waals surface area contributed by atoms with E-state index in [0.29, 0.717) is 24.4 Å². The Morgan fingerprint density at radius 2 is 2.15 bits per heavy atom. The zero-order valence-electron chi connectivity index (χ0n) is 12.0. The molecule has 5 heteroatoms. The third-order valence-corrected chi connectivity index (χ3v) is 3.87. The normalized spacial score (nSPS) is 22.6. The summed E-state index contributed by atoms with van der Waals surface area (Å²) >= 11 is 0. The van der Waals surface area contributed by atoms with Crippen molar-refractivity contribution in [1.82, 2.24) is 4.90 Å². The molecule has 2 N–H and O–H groups in total. The minimum Gasteiger partial charge on any atom is -0.496 e. The van der Waals surface area contributed by atoms with E-state index < -0.39 is 0 Å². The molecule has 0 radical (unpaired) electrons. The Bertz CT molecular complexity index is 464. The van der Waals surface area contributed by atoms with Crippen LogP contribution in [0.2, 0.25) is 0 Å². The Morgan fingerprint density at radius 1 is 1.40 bits per heavy atom. The third-order valence-electron chi connectivity index (χ3n) is 3.87. The highest BCUT2D eigenvalue weighted by Gasteiger charge is 2.32. The fourth-order valence-electron chi connectivity index (χ4n) is 2.70. The molecular formula is C15H22N2O3. The monoisotopic (exact) mass is 278 g/mol. The van der Waals surface area contributed by atoms with E-state index in [1.807, 2.05) is 17.0 Å². The number of methoxy groups -OCH3 is 2. The van der Waals surface area contributed by atoms with Gasteiger partial charge in [0.05, 0.1) is 18.8 Å². The summed E-state index contributed by atoms with van der Waals surface area (Å²) in [5.74, 6) is 0.578. The number of amides is 1. The lowest BCUT2D eigenvalue weighted by atomic mass is 9.98. The molecule has 1 aromatic carbocycles. The largest absolute Gasteiger partial charge is 0.496 e. The first-order chi connectivity index (χ1) is 9.71. The lowest BCUT2D eigenvalue weighted by Crippen LogP contribution is -2.51. The molecule has 0 aromatic heterocycles. The Hall–Kier alpha value is -1.59. The van der Waals surface area contributed by atoms with E-state index in [2.05, 4.69) is 0 Å². The number of para-hydroxylation sites is 1. The van der Waals surface area contributed by atoms with Crippen LogP contribution in [0.3, 0.4) is 0 Å². The molecule has 1 saturated heterocycles. The van der Waals surface area contributed by atoms with Gasteiger partial charge in [-0.1, -0.05) is 12.1 Å². The van der Waals surface area contributed by atoms with E-state index in [4.69, 9.17) is 15.2 Å². The highest BCUT2D eigenvalue weighted by molar-refractivity contribution is 5.97. The van der Waals surface area contributed by atoms with Crippen LogP contribution in [0.1, 0.15) is 23.2 Å². The SMILES string of the molecule is COc1ccccc1C(=O)N1CCC(OC)CC1CN. The van der Waals surface area contributed by atoms with Gasteiger partial charge in [0.25, 0.3) is 5.91 Å². The van der Waals surface area contributed by atoms with Crippen molar-refractivity contribution in [2.75, 3.05) is 27.3 Å². The molecule has 2 atom stereocenters. The van der Waals surface area contributed by atoms with E-state index in [9.17, 15) is 4.79 Å². The number of nitrogens with two attached hydrogens (primary N) is 1. The van der Waals surface area contributed by atoms with Gasteiger partial charge in [0.15, 0.2) is 0 Å². The summed E-state index contributed by atoms with van der Waals surface area (Å²) in [5.41, 5.74) is 6.40. The molecule has 2 unspecified atom stereocenters. The second-order valence-electron chi connectivity index (χ2n) is 4.97. The average molecular weight is 278 g/mol. The van der Waals surface area contributed by atoms with Gasteiger partial charge < -0.3 is 20.1 Å². The van der Waals surface area contributed by atoms with Gasteiger partial charge in [0.1, 0.15) is 5.75 Å². The van der Waals surface area contributed by atoms with Crippen molar-refractivity contribution >= 4 is 5.91 Å². The molecule has 110 valence electrons. The maximum atomic E-state index is 12.7. The zero-order chi connectivity index (χ0) is 14.5. The van der Waals surface area contributed by atoms with Crippen LogP contribution in [-0.2, 0) is 4.74 Å². The van der Waals surface area contributed by atoms with Gasteiger partial charge in [-0.05, 0) is 25.0 Å². The molecule has 2 rings (SSSR count). The summed E-state index contributed by atoms with van der Waals surface area (Å²) in [6, 6.07) is 7.30. The van der Waals surface area contributed by atoms with Crippen LogP contribution in [0.25, 0.3) is 0 Å². The highest BCUT2D eigenvalue weighted by atomic mass is 16.5. The van der Waals surface area contributed by atoms with Crippen LogP contribution in [0.4, 0.5) is 0 Å². The second kappa shape index (κ2) is 6.72. The fourth-order valence-corrected chi connectivity index (χ4v) is 2.70. The number of likely N-dealkylation sites (tertiary alicyclic amines) is 1. The van der Waals surface area contributed by atoms with Crippen LogP contribution in [-0.4, -0.2) is 50.3 Å². The number of benzene rings is 1. The lowest BCUT2D eigenvalue weighted by Gasteiger charge is -2.38. The Balaban J connectivity index is 2.19. The van der Waals surface area contributed by atoms with Gasteiger partial charge in [-0.2, -0.15) is 0 Å². The van der Waals surface area contributed by atoms with Crippen LogP contribution < -0.4 is 10.5 Å². The second-order valence-corrected chi connectivity index (χ2v) is 4.97. The Kier molecular flexibility index (Phi) is 4.98. The van der Waals surface area contributed by atoms with Crippen LogP contribution in [0.15, 0.2) is 24.3 Å². The van der Waals surface area contributed by atoms with E-state index in [1.54, 1.807) is 26.4 Å². The van der Waals surface area contributed by atoms with E-state index in [-0.39, 0.29) is 18.1 Å². The number of hydrogen-bond acceptors (Lipinski definition) is 4. The number of piperidine rings is 1. The van der Waals surface area contributed by atoms with Crippen molar-refractivity contribution in [2.45, 2.75) is 25.0 Å². The lowest BCUT2D eigenvalue weighted by molar-refractivity contribution is 0.0137. The number of hydrogen-bond donors (Lipinski definition) is 1. The minimum atomic E-state index is -0.0209. The van der Waals surface area contributed by atoms with Crippen molar-refractivity contribution in [3.05, 3.63) is 29.8 Å². The summed E-state index contributed by atoms with van der Waals surface area (Å²) in [6.07, 6.45) is 1.81. The Morgan fingerprint density at radius 3 is 2.80 bits per heavy atom. The molecule has 1 aromatic rings. The molecule has 0 saturated carbocycles. The first-order valence-corrected chi connectivity index (χ1v) is 6.88. The van der Waals surface area contributed by atoms with Gasteiger partial charge in [0, 0.05) is 26.2 Å². The van der Waals surface area contributed by atoms with Crippen molar-refractivity contribution in [3.8, 4) is 5.75 Å². The standard InChI is InChI=1S/C15H22N2O3/c1-19-12-7-8-17(11(9-12)10-16)15(18)13-5-3-4-6-14(13)20-2/h3-6,11-12H,7-10,16H2,1-2H3. The topological polar surface area (TPSA) is 64.8 Å². The molecule has 1 heterocycles. The summed E-state index contributed by atoms with van der Waals surface area (Å²) in [5, 5.41) is 0. The van der Waals surface area contributed by atoms with Crippen molar-refractivity contribution in [3.63, 3.8) is 0 Å². The average Bonchev–Trinajstić information content (AvgIpc) is 2.53. The van der Waals surface area contributed by atoms with Crippen molar-refractivity contribution in [1.29, 1.82) is 0 Å². The minimum absolute atomic E-state index is 0.0195. The fraction of sp³-hybridized carbons (Fsp3) is 0.533. The van der Waals surface area contributed by atoms with Gasteiger partial charge in [-0.25, -0.2) is 0 Å². The molecule has 0 spiro atoms. The molecule has 1 fully saturated rings. The van der Waals surface area contributed by atoms with Crippen LogP contribution >= 0.6 is 0 Å². The zero-order valence-corrected chi connectivity index (χ0v) is 12.0. The van der Waals surface area contributed by atoms with Crippen LogP contribution in [0, 0.1) is 0 Å². The molecule has 1 amide bonds. The van der Waals surface area contributed by atoms with E-state index in [1.165, 1.54) is 0 Å². The molecule has 20 heavy (non-hydrogen) atoms. The first kappa shape index (κ1) is 14.8. The van der Waals surface area contributed by atoms with Gasteiger partial charge >= 0.3 is 0 Å². The summed E-state index contributed by atoms with van der Waals surface area (Å²) in [7, 11) is 3.28. The molecule has 1 aliphatic heterocycles. The van der Waals surface area contributed by atoms with Crippen LogP contribution in [0.5, 0.6) is 5.75 Å². The summed E-state index contributed by atoms with van der Waals surface area (Å²) in [4.78, 5) is 14.5. The Labute approximate surface area is 119 Å². The van der Waals surface area contributed by atoms with Gasteiger partial charge in [0.2, 0.25) is 0 Å². The number of ether oxygens (including phenoxy) is 2. The molecule has 0 bridgehead atoms. The number of nitrogens with zero attached hydrogens (tertiary/aromatic N) is 1. The first-order valence-electron chi connectivity index (χ1n) is 6.88. The predicted octanol–water partition coefficient (Wildman–Crippen LogP) is 1.27. The maximum Gasteiger partial charge on any atom is 0.257 e. The van der Waals surface area contributed by atoms with E-state index in [0.717, 1.165) is 12.8 Å². The molecule has 5 nitrogen and oxygen atoms in total. The van der Waals surface area contributed by atoms with E-state index >= 15 is 0 Å². The van der Waals surface area contributed by atoms with Crippen molar-refractivity contribution in [2.24, 2.45) is 5.73 Å². The molecule has 0 aliphatic carbocycles. The summed E-state index contributed by atoms with van der Waals surface area (Å²) < 4.78 is 10.6. The predicted molar refractivity (Wildman–Crippen MR) is 76.9 cm³/mol. The molecular weight excluding hydrogens is 256 g/mol. The van der Waals surface area contributed by atoms with Gasteiger partial charge in [-0.3, -0.25) is 4.79 Å². The molecule has 1 aliphatic rings. The smallest absolute Gasteiger partial charge is 0.257 e. The third kappa shape index (κ3) is 2.94. The quantitative estimate of drug-likeness (QED) is 0.901. The highest BCUT2D eigenvalue weighted by Crippen LogP contribution is 2.25. The number of carbonyl (C=O) groups excluding carboxylic acids is 1.